The number of carbonyl (C=O) groups excluding carboxylic acids is 1. The van der Waals surface area contributed by atoms with Crippen molar-refractivity contribution in [1.29, 1.82) is 0 Å². The average molecular weight is 336 g/mol. The Labute approximate surface area is 138 Å². The Morgan fingerprint density at radius 3 is 2.96 bits per heavy atom. The van der Waals surface area contributed by atoms with E-state index < -0.39 is 5.60 Å². The van der Waals surface area contributed by atoms with Gasteiger partial charge in [0, 0.05) is 28.8 Å². The van der Waals surface area contributed by atoms with Crippen LogP contribution in [0.25, 0.3) is 10.9 Å². The predicted molar refractivity (Wildman–Crippen MR) is 85.2 cm³/mol. The van der Waals surface area contributed by atoms with Gasteiger partial charge in [-0.05, 0) is 37.5 Å². The van der Waals surface area contributed by atoms with E-state index in [0.29, 0.717) is 24.4 Å². The number of amides is 1. The largest absolute Gasteiger partial charge is 0.446 e. The summed E-state index contributed by atoms with van der Waals surface area (Å²) in [7, 11) is 0. The molecule has 0 bridgehead atoms. The minimum atomic E-state index is -0.941. The molecule has 0 aliphatic heterocycles. The summed E-state index contributed by atoms with van der Waals surface area (Å²) in [5.74, 6) is 0.423. The molecule has 23 heavy (non-hydrogen) atoms. The number of alkyl carbamates (subject to hydrolysis) is 1. The second-order valence-corrected chi connectivity index (χ2v) is 6.89. The van der Waals surface area contributed by atoms with Crippen LogP contribution in [-0.4, -0.2) is 34.0 Å². The molecule has 122 valence electrons. The fourth-order valence-electron chi connectivity index (χ4n) is 3.91. The Morgan fingerprint density at radius 1 is 1.52 bits per heavy atom. The molecule has 2 saturated carbocycles. The van der Waals surface area contributed by atoms with Crippen LogP contribution in [0.2, 0.25) is 5.02 Å². The minimum Gasteiger partial charge on any atom is -0.446 e. The monoisotopic (exact) mass is 335 g/mol. The number of aliphatic hydroxyl groups is 1. The zero-order valence-corrected chi connectivity index (χ0v) is 13.4. The van der Waals surface area contributed by atoms with Gasteiger partial charge < -0.3 is 15.2 Å². The number of carbonyl (C=O) groups is 1. The topological polar surface area (TPSA) is 87.2 Å². The summed E-state index contributed by atoms with van der Waals surface area (Å²) in [5.41, 5.74) is 0.679. The van der Waals surface area contributed by atoms with Crippen LogP contribution in [0.5, 0.6) is 0 Å². The van der Waals surface area contributed by atoms with E-state index in [-0.39, 0.29) is 24.0 Å². The lowest BCUT2D eigenvalue weighted by Gasteiger charge is -2.27. The molecular formula is C16H18ClN3O3. The Hall–Kier alpha value is -1.79. The van der Waals surface area contributed by atoms with Crippen molar-refractivity contribution in [2.24, 2.45) is 11.8 Å². The first-order valence-electron chi connectivity index (χ1n) is 7.82. The van der Waals surface area contributed by atoms with E-state index in [1.54, 1.807) is 12.3 Å². The molecule has 3 N–H and O–H groups in total. The summed E-state index contributed by atoms with van der Waals surface area (Å²) in [6.07, 6.45) is 2.40. The van der Waals surface area contributed by atoms with E-state index >= 15 is 0 Å². The fraction of sp³-hybridized carbons (Fsp3) is 0.500. The van der Waals surface area contributed by atoms with Crippen LogP contribution in [0.4, 0.5) is 4.79 Å². The van der Waals surface area contributed by atoms with Crippen molar-refractivity contribution in [3.8, 4) is 0 Å². The van der Waals surface area contributed by atoms with E-state index in [0.717, 1.165) is 16.5 Å². The van der Waals surface area contributed by atoms with Gasteiger partial charge in [-0.25, -0.2) is 4.79 Å². The van der Waals surface area contributed by atoms with Gasteiger partial charge in [0.05, 0.1) is 17.3 Å². The van der Waals surface area contributed by atoms with Crippen LogP contribution in [-0.2, 0) is 10.3 Å². The van der Waals surface area contributed by atoms with Gasteiger partial charge in [0.2, 0.25) is 0 Å². The number of halogens is 1. The van der Waals surface area contributed by atoms with Gasteiger partial charge in [0.25, 0.3) is 0 Å². The lowest BCUT2D eigenvalue weighted by molar-refractivity contribution is 0.0138. The molecule has 2 aliphatic carbocycles. The van der Waals surface area contributed by atoms with E-state index in [2.05, 4.69) is 15.5 Å². The van der Waals surface area contributed by atoms with Crippen molar-refractivity contribution >= 4 is 28.6 Å². The molecule has 1 amide bonds. The molecule has 0 radical (unpaired) electrons. The first kappa shape index (κ1) is 14.8. The molecule has 7 heteroatoms. The highest BCUT2D eigenvalue weighted by Crippen LogP contribution is 2.61. The standard InChI is InChI=1S/C16H18ClN3O3/c1-2-18-15(21)23-14-9-5-16(22,6-10(9)14)12-3-8(17)4-13-11(12)7-19-20-13/h3-4,7,9-10,14,22H,2,5-6H2,1H3,(H,18,21)(H,19,20). The van der Waals surface area contributed by atoms with Crippen molar-refractivity contribution in [2.45, 2.75) is 31.5 Å². The molecule has 2 unspecified atom stereocenters. The molecule has 2 fully saturated rings. The highest BCUT2D eigenvalue weighted by molar-refractivity contribution is 6.31. The lowest BCUT2D eigenvalue weighted by atomic mass is 9.86. The quantitative estimate of drug-likeness (QED) is 0.804. The number of hydrogen-bond acceptors (Lipinski definition) is 4. The van der Waals surface area contributed by atoms with Crippen LogP contribution < -0.4 is 5.32 Å². The molecule has 0 saturated heterocycles. The van der Waals surface area contributed by atoms with E-state index in [4.69, 9.17) is 16.3 Å². The Balaban J connectivity index is 1.54. The van der Waals surface area contributed by atoms with Crippen LogP contribution in [0.1, 0.15) is 25.3 Å². The van der Waals surface area contributed by atoms with Gasteiger partial charge in [-0.2, -0.15) is 5.10 Å². The van der Waals surface area contributed by atoms with Gasteiger partial charge in [0.15, 0.2) is 0 Å². The summed E-state index contributed by atoms with van der Waals surface area (Å²) < 4.78 is 5.39. The van der Waals surface area contributed by atoms with Crippen molar-refractivity contribution in [3.63, 3.8) is 0 Å². The molecule has 1 aromatic heterocycles. The van der Waals surface area contributed by atoms with Gasteiger partial charge in [0.1, 0.15) is 6.10 Å². The zero-order valence-electron chi connectivity index (χ0n) is 12.7. The zero-order chi connectivity index (χ0) is 16.2. The second-order valence-electron chi connectivity index (χ2n) is 6.45. The third kappa shape index (κ3) is 2.37. The fourth-order valence-corrected chi connectivity index (χ4v) is 4.13. The number of nitrogens with zero attached hydrogens (tertiary/aromatic N) is 1. The van der Waals surface area contributed by atoms with Gasteiger partial charge >= 0.3 is 6.09 Å². The maximum absolute atomic E-state index is 11.5. The van der Waals surface area contributed by atoms with Crippen LogP contribution >= 0.6 is 11.6 Å². The van der Waals surface area contributed by atoms with Crippen molar-refractivity contribution < 1.29 is 14.6 Å². The van der Waals surface area contributed by atoms with Crippen LogP contribution in [0.15, 0.2) is 18.3 Å². The lowest BCUT2D eigenvalue weighted by Crippen LogP contribution is -2.29. The number of nitrogens with one attached hydrogen (secondary N) is 2. The Morgan fingerprint density at radius 2 is 2.26 bits per heavy atom. The number of hydrogen-bond donors (Lipinski definition) is 3. The molecule has 4 rings (SSSR count). The number of aromatic nitrogens is 2. The Bertz CT molecular complexity index is 763. The number of fused-ring (bicyclic) bond motifs is 2. The summed E-state index contributed by atoms with van der Waals surface area (Å²) in [4.78, 5) is 11.5. The van der Waals surface area contributed by atoms with Gasteiger partial charge in [-0.1, -0.05) is 11.6 Å². The van der Waals surface area contributed by atoms with Crippen LogP contribution in [0.3, 0.4) is 0 Å². The maximum atomic E-state index is 11.5. The van der Waals surface area contributed by atoms with Gasteiger partial charge in [-0.15, -0.1) is 0 Å². The SMILES string of the molecule is CCNC(=O)OC1C2CC(O)(c3cc(Cl)cc4[nH]ncc34)CC21. The highest BCUT2D eigenvalue weighted by Gasteiger charge is 2.64. The molecular weight excluding hydrogens is 318 g/mol. The first-order valence-corrected chi connectivity index (χ1v) is 8.19. The molecule has 1 heterocycles. The van der Waals surface area contributed by atoms with Crippen LogP contribution in [0, 0.1) is 11.8 Å². The Kier molecular flexibility index (Phi) is 3.28. The minimum absolute atomic E-state index is 0.0825. The molecule has 2 aliphatic rings. The second kappa shape index (κ2) is 5.11. The average Bonchev–Trinajstić information content (AvgIpc) is 2.90. The molecule has 0 spiro atoms. The normalized spacial score (nSPS) is 31.9. The molecule has 1 aromatic carbocycles. The number of H-pyrrole nitrogens is 1. The highest BCUT2D eigenvalue weighted by atomic mass is 35.5. The summed E-state index contributed by atoms with van der Waals surface area (Å²) in [6, 6.07) is 3.61. The third-order valence-corrected chi connectivity index (χ3v) is 5.21. The van der Waals surface area contributed by atoms with Crippen molar-refractivity contribution in [1.82, 2.24) is 15.5 Å². The third-order valence-electron chi connectivity index (χ3n) is 4.99. The number of ether oxygens (including phenoxy) is 1. The summed E-state index contributed by atoms with van der Waals surface area (Å²) in [5, 5.41) is 22.1. The van der Waals surface area contributed by atoms with Crippen molar-refractivity contribution in [3.05, 3.63) is 28.9 Å². The smallest absolute Gasteiger partial charge is 0.407 e. The number of aromatic amines is 1. The van der Waals surface area contributed by atoms with E-state index in [1.807, 2.05) is 13.0 Å². The maximum Gasteiger partial charge on any atom is 0.407 e. The molecule has 2 atom stereocenters. The molecule has 2 aromatic rings. The summed E-state index contributed by atoms with van der Waals surface area (Å²) in [6.45, 7) is 2.40. The van der Waals surface area contributed by atoms with E-state index in [1.165, 1.54) is 0 Å². The van der Waals surface area contributed by atoms with Crippen molar-refractivity contribution in [2.75, 3.05) is 6.54 Å². The molecule has 6 nitrogen and oxygen atoms in total. The predicted octanol–water partition coefficient (Wildman–Crippen LogP) is 2.56. The number of rotatable bonds is 3. The van der Waals surface area contributed by atoms with E-state index in [9.17, 15) is 9.90 Å². The summed E-state index contributed by atoms with van der Waals surface area (Å²) >= 11 is 6.16. The van der Waals surface area contributed by atoms with Gasteiger partial charge in [-0.3, -0.25) is 5.10 Å². The first-order chi connectivity index (χ1) is 11.0. The number of benzene rings is 1.